The van der Waals surface area contributed by atoms with Gasteiger partial charge in [-0.25, -0.2) is 4.79 Å². The van der Waals surface area contributed by atoms with Crippen molar-refractivity contribution in [3.8, 4) is 0 Å². The second-order valence-corrected chi connectivity index (χ2v) is 3.46. The number of hydrogen-bond acceptors (Lipinski definition) is 6. The van der Waals surface area contributed by atoms with Gasteiger partial charge in [-0.2, -0.15) is 0 Å². The Kier molecular flexibility index (Phi) is 3.20. The molecule has 2 saturated heterocycles. The summed E-state index contributed by atoms with van der Waals surface area (Å²) in [6.07, 6.45) is -2.52. The molecule has 15 heavy (non-hydrogen) atoms. The van der Waals surface area contributed by atoms with E-state index in [0.29, 0.717) is 0 Å². The number of aliphatic hydroxyl groups is 1. The Balaban J connectivity index is 1.93. The summed E-state index contributed by atoms with van der Waals surface area (Å²) in [5.41, 5.74) is 0. The van der Waals surface area contributed by atoms with Gasteiger partial charge in [0.1, 0.15) is 18.3 Å². The molecule has 0 amide bonds. The lowest BCUT2D eigenvalue weighted by atomic mass is 10.1. The van der Waals surface area contributed by atoms with Gasteiger partial charge in [0, 0.05) is 0 Å². The molecule has 6 heteroatoms. The number of ether oxygens (including phenoxy) is 4. The monoisotopic (exact) mass is 218 g/mol. The maximum atomic E-state index is 11.3. The van der Waals surface area contributed by atoms with E-state index in [-0.39, 0.29) is 25.9 Å². The third-order valence-corrected chi connectivity index (χ3v) is 2.40. The van der Waals surface area contributed by atoms with Crippen LogP contribution in [0.25, 0.3) is 0 Å². The fourth-order valence-electron chi connectivity index (χ4n) is 1.68. The molecule has 0 aromatic carbocycles. The van der Waals surface area contributed by atoms with Gasteiger partial charge in [-0.1, -0.05) is 0 Å². The number of fused-ring (bicyclic) bond motifs is 1. The highest BCUT2D eigenvalue weighted by atomic mass is 16.7. The number of aliphatic hydroxyl groups excluding tert-OH is 1. The summed E-state index contributed by atoms with van der Waals surface area (Å²) in [5, 5.41) is 9.50. The van der Waals surface area contributed by atoms with Crippen molar-refractivity contribution in [1.82, 2.24) is 0 Å². The second-order valence-electron chi connectivity index (χ2n) is 3.46. The van der Waals surface area contributed by atoms with Crippen LogP contribution in [0, 0.1) is 0 Å². The molecule has 2 aliphatic heterocycles. The van der Waals surface area contributed by atoms with E-state index >= 15 is 0 Å². The van der Waals surface area contributed by atoms with E-state index in [1.165, 1.54) is 0 Å². The Labute approximate surface area is 87.1 Å². The van der Waals surface area contributed by atoms with E-state index in [4.69, 9.17) is 18.9 Å². The van der Waals surface area contributed by atoms with Crippen LogP contribution in [0.2, 0.25) is 0 Å². The van der Waals surface area contributed by atoms with E-state index in [2.05, 4.69) is 0 Å². The molecule has 0 radical (unpaired) electrons. The number of rotatable bonds is 2. The van der Waals surface area contributed by atoms with E-state index < -0.39 is 24.5 Å². The van der Waals surface area contributed by atoms with Crippen LogP contribution in [0.15, 0.2) is 0 Å². The van der Waals surface area contributed by atoms with Crippen molar-refractivity contribution in [1.29, 1.82) is 0 Å². The van der Waals surface area contributed by atoms with Crippen LogP contribution < -0.4 is 0 Å². The van der Waals surface area contributed by atoms with Crippen molar-refractivity contribution < 1.29 is 28.8 Å². The summed E-state index contributed by atoms with van der Waals surface area (Å²) >= 11 is 0. The van der Waals surface area contributed by atoms with Gasteiger partial charge in [-0.3, -0.25) is 0 Å². The van der Waals surface area contributed by atoms with Gasteiger partial charge in [0.25, 0.3) is 6.29 Å². The Morgan fingerprint density at radius 3 is 3.00 bits per heavy atom. The fraction of sp³-hybridized carbons (Fsp3) is 0.889. The maximum absolute atomic E-state index is 11.3. The molecule has 0 spiro atoms. The molecule has 2 heterocycles. The van der Waals surface area contributed by atoms with Crippen LogP contribution in [-0.2, 0) is 23.7 Å². The van der Waals surface area contributed by atoms with E-state index in [1.54, 1.807) is 6.92 Å². The molecule has 2 rings (SSSR count). The van der Waals surface area contributed by atoms with Gasteiger partial charge in [0.2, 0.25) is 0 Å². The summed E-state index contributed by atoms with van der Waals surface area (Å²) < 4.78 is 20.3. The van der Waals surface area contributed by atoms with E-state index in [1.807, 2.05) is 0 Å². The molecule has 86 valence electrons. The van der Waals surface area contributed by atoms with Crippen LogP contribution >= 0.6 is 0 Å². The fourth-order valence-corrected chi connectivity index (χ4v) is 1.68. The number of carbonyl (C=O) groups is 1. The third-order valence-electron chi connectivity index (χ3n) is 2.40. The molecule has 1 N–H and O–H groups in total. The van der Waals surface area contributed by atoms with Crippen molar-refractivity contribution in [2.75, 3.05) is 19.8 Å². The summed E-state index contributed by atoms with van der Waals surface area (Å²) in [5.74, 6) is -0.560. The largest absolute Gasteiger partial charge is 0.462 e. The van der Waals surface area contributed by atoms with Crippen LogP contribution in [-0.4, -0.2) is 55.5 Å². The molecule has 0 aromatic rings. The summed E-state index contributed by atoms with van der Waals surface area (Å²) in [6, 6.07) is 0. The lowest BCUT2D eigenvalue weighted by Crippen LogP contribution is -2.48. The highest BCUT2D eigenvalue weighted by Gasteiger charge is 2.44. The predicted molar refractivity (Wildman–Crippen MR) is 47.0 cm³/mol. The smallest absolute Gasteiger partial charge is 0.363 e. The van der Waals surface area contributed by atoms with Gasteiger partial charge in [-0.15, -0.1) is 0 Å². The molecular weight excluding hydrogens is 204 g/mol. The number of hydrogen-bond donors (Lipinski definition) is 1. The van der Waals surface area contributed by atoms with Crippen LogP contribution in [0.1, 0.15) is 6.92 Å². The lowest BCUT2D eigenvalue weighted by Gasteiger charge is -2.30. The van der Waals surface area contributed by atoms with Gasteiger partial charge in [-0.05, 0) is 6.92 Å². The standard InChI is InChI=1S/C9H14O6/c1-2-12-8(11)9-14-4-6-7(15-9)5(10)3-13-6/h5-7,9-10H,2-4H2,1H3/t5-,6+,7+,9+/m0/s1. The maximum Gasteiger partial charge on any atom is 0.363 e. The summed E-state index contributed by atoms with van der Waals surface area (Å²) in [4.78, 5) is 11.3. The molecular formula is C9H14O6. The molecule has 4 atom stereocenters. The molecule has 0 unspecified atom stereocenters. The molecule has 0 bridgehead atoms. The van der Waals surface area contributed by atoms with Crippen molar-refractivity contribution >= 4 is 5.97 Å². The van der Waals surface area contributed by atoms with Gasteiger partial charge in [0.15, 0.2) is 0 Å². The molecule has 6 nitrogen and oxygen atoms in total. The van der Waals surface area contributed by atoms with Crippen molar-refractivity contribution in [2.24, 2.45) is 0 Å². The second kappa shape index (κ2) is 4.44. The molecule has 0 saturated carbocycles. The minimum atomic E-state index is -1.04. The number of carbonyl (C=O) groups excluding carboxylic acids is 1. The highest BCUT2D eigenvalue weighted by molar-refractivity contribution is 5.73. The molecule has 0 aliphatic carbocycles. The van der Waals surface area contributed by atoms with Gasteiger partial charge in [0.05, 0.1) is 19.8 Å². The quantitative estimate of drug-likeness (QED) is 0.602. The Hall–Kier alpha value is -0.690. The zero-order chi connectivity index (χ0) is 10.8. The molecule has 0 aromatic heterocycles. The lowest BCUT2D eigenvalue weighted by molar-refractivity contribution is -0.252. The van der Waals surface area contributed by atoms with E-state index in [0.717, 1.165) is 0 Å². The summed E-state index contributed by atoms with van der Waals surface area (Å²) in [7, 11) is 0. The zero-order valence-electron chi connectivity index (χ0n) is 8.42. The first-order valence-electron chi connectivity index (χ1n) is 4.95. The first-order valence-corrected chi connectivity index (χ1v) is 4.95. The van der Waals surface area contributed by atoms with Crippen molar-refractivity contribution in [2.45, 2.75) is 31.5 Å². The molecule has 2 aliphatic rings. The highest BCUT2D eigenvalue weighted by Crippen LogP contribution is 2.25. The van der Waals surface area contributed by atoms with Crippen LogP contribution in [0.3, 0.4) is 0 Å². The Morgan fingerprint density at radius 1 is 1.47 bits per heavy atom. The Bertz CT molecular complexity index is 243. The SMILES string of the molecule is CCOC(=O)[C@@H]1OC[C@H]2OC[C@H](O)[C@H]2O1. The van der Waals surface area contributed by atoms with Crippen molar-refractivity contribution in [3.05, 3.63) is 0 Å². The van der Waals surface area contributed by atoms with Crippen LogP contribution in [0.5, 0.6) is 0 Å². The topological polar surface area (TPSA) is 74.2 Å². The van der Waals surface area contributed by atoms with Gasteiger partial charge >= 0.3 is 5.97 Å². The minimum Gasteiger partial charge on any atom is -0.462 e. The van der Waals surface area contributed by atoms with E-state index in [9.17, 15) is 9.90 Å². The zero-order valence-corrected chi connectivity index (χ0v) is 8.42. The predicted octanol–water partition coefficient (Wildman–Crippen LogP) is -0.949. The third kappa shape index (κ3) is 2.12. The Morgan fingerprint density at radius 2 is 2.27 bits per heavy atom. The van der Waals surface area contributed by atoms with Gasteiger partial charge < -0.3 is 24.1 Å². The average molecular weight is 218 g/mol. The average Bonchev–Trinajstić information content (AvgIpc) is 2.60. The molecule has 2 fully saturated rings. The van der Waals surface area contributed by atoms with Crippen molar-refractivity contribution in [3.63, 3.8) is 0 Å². The number of esters is 1. The summed E-state index contributed by atoms with van der Waals surface area (Å²) in [6.45, 7) is 2.44. The van der Waals surface area contributed by atoms with Crippen LogP contribution in [0.4, 0.5) is 0 Å². The normalized spacial score (nSPS) is 39.9. The first-order chi connectivity index (χ1) is 7.22. The minimum absolute atomic E-state index is 0.217. The first kappa shape index (κ1) is 10.8.